The molecule has 3 aromatic rings. The van der Waals surface area contributed by atoms with Crippen molar-refractivity contribution in [1.29, 1.82) is 0 Å². The second-order valence-corrected chi connectivity index (χ2v) is 7.32. The van der Waals surface area contributed by atoms with Crippen LogP contribution in [-0.2, 0) is 12.2 Å². The Kier molecular flexibility index (Phi) is 5.15. The van der Waals surface area contributed by atoms with Gasteiger partial charge in [-0.15, -0.1) is 21.5 Å². The topological polar surface area (TPSA) is 73.9 Å². The molecule has 0 saturated heterocycles. The van der Waals surface area contributed by atoms with Crippen molar-refractivity contribution in [3.05, 3.63) is 45.0 Å². The summed E-state index contributed by atoms with van der Waals surface area (Å²) in [5.74, 6) is 2.11. The van der Waals surface area contributed by atoms with E-state index in [4.69, 9.17) is 9.15 Å². The van der Waals surface area contributed by atoms with Crippen molar-refractivity contribution in [2.75, 3.05) is 7.11 Å². The van der Waals surface area contributed by atoms with Gasteiger partial charge >= 0.3 is 0 Å². The molecule has 0 radical (unpaired) electrons. The normalized spacial score (nSPS) is 11.0. The minimum Gasteiger partial charge on any atom is -0.496 e. The molecule has 3 rings (SSSR count). The minimum absolute atomic E-state index is 0.540. The van der Waals surface area contributed by atoms with Gasteiger partial charge in [-0.25, -0.2) is 4.98 Å². The van der Waals surface area contributed by atoms with Crippen LogP contribution in [0.3, 0.4) is 0 Å². The molecule has 0 saturated carbocycles. The molecule has 0 unspecified atom stereocenters. The predicted molar refractivity (Wildman–Crippen MR) is 93.8 cm³/mol. The zero-order chi connectivity index (χ0) is 17.1. The second-order valence-electron chi connectivity index (χ2n) is 5.33. The summed E-state index contributed by atoms with van der Waals surface area (Å²) in [6.07, 6.45) is 2.39. The smallest absolute Gasteiger partial charge is 0.276 e. The van der Waals surface area contributed by atoms with Gasteiger partial charge in [0.1, 0.15) is 5.75 Å². The van der Waals surface area contributed by atoms with E-state index in [1.54, 1.807) is 18.4 Å². The van der Waals surface area contributed by atoms with Gasteiger partial charge in [0.2, 0.25) is 5.89 Å². The Morgan fingerprint density at radius 1 is 1.25 bits per heavy atom. The number of pyridine rings is 1. The van der Waals surface area contributed by atoms with E-state index in [0.29, 0.717) is 23.3 Å². The number of hydrogen-bond acceptors (Lipinski definition) is 8. The molecule has 3 aromatic heterocycles. The van der Waals surface area contributed by atoms with Crippen molar-refractivity contribution in [2.45, 2.75) is 38.2 Å². The highest BCUT2D eigenvalue weighted by Gasteiger charge is 2.13. The third-order valence-electron chi connectivity index (χ3n) is 3.53. The SMILES string of the molecule is COc1c(C)cnc(CSc2nnc(Cc3csc(C)n3)o2)c1C. The van der Waals surface area contributed by atoms with Crippen LogP contribution in [0.5, 0.6) is 5.75 Å². The largest absolute Gasteiger partial charge is 0.496 e. The molecule has 0 atom stereocenters. The number of thioether (sulfide) groups is 1. The number of hydrogen-bond donors (Lipinski definition) is 0. The molecule has 0 bridgehead atoms. The fourth-order valence-electron chi connectivity index (χ4n) is 2.36. The van der Waals surface area contributed by atoms with Gasteiger partial charge in [0.25, 0.3) is 5.22 Å². The van der Waals surface area contributed by atoms with Crippen LogP contribution in [0, 0.1) is 20.8 Å². The lowest BCUT2D eigenvalue weighted by Crippen LogP contribution is -1.98. The molecule has 126 valence electrons. The number of aryl methyl sites for hydroxylation is 2. The average Bonchev–Trinajstić information content (AvgIpc) is 3.16. The summed E-state index contributed by atoms with van der Waals surface area (Å²) in [6.45, 7) is 5.98. The number of aromatic nitrogens is 4. The van der Waals surface area contributed by atoms with Crippen molar-refractivity contribution in [3.8, 4) is 5.75 Å². The highest BCUT2D eigenvalue weighted by molar-refractivity contribution is 7.98. The maximum atomic E-state index is 5.69. The van der Waals surface area contributed by atoms with E-state index in [0.717, 1.165) is 33.3 Å². The van der Waals surface area contributed by atoms with Gasteiger partial charge in [0.15, 0.2) is 0 Å². The van der Waals surface area contributed by atoms with Gasteiger partial charge in [0, 0.05) is 28.5 Å². The van der Waals surface area contributed by atoms with Crippen LogP contribution in [0.2, 0.25) is 0 Å². The summed E-state index contributed by atoms with van der Waals surface area (Å²) in [5.41, 5.74) is 3.99. The highest BCUT2D eigenvalue weighted by atomic mass is 32.2. The third-order valence-corrected chi connectivity index (χ3v) is 5.18. The van der Waals surface area contributed by atoms with E-state index in [1.165, 1.54) is 11.8 Å². The van der Waals surface area contributed by atoms with Gasteiger partial charge in [-0.05, 0) is 20.8 Å². The zero-order valence-electron chi connectivity index (χ0n) is 14.0. The lowest BCUT2D eigenvalue weighted by Gasteiger charge is -2.11. The molecule has 0 aliphatic carbocycles. The van der Waals surface area contributed by atoms with Crippen LogP contribution in [0.25, 0.3) is 0 Å². The van der Waals surface area contributed by atoms with Gasteiger partial charge in [-0.3, -0.25) is 4.98 Å². The third kappa shape index (κ3) is 3.76. The maximum Gasteiger partial charge on any atom is 0.276 e. The summed E-state index contributed by atoms with van der Waals surface area (Å²) >= 11 is 3.09. The van der Waals surface area contributed by atoms with Crippen molar-refractivity contribution in [3.63, 3.8) is 0 Å². The number of rotatable bonds is 6. The first-order valence-electron chi connectivity index (χ1n) is 7.42. The molecular weight excluding hydrogens is 344 g/mol. The molecule has 3 heterocycles. The zero-order valence-corrected chi connectivity index (χ0v) is 15.6. The number of thiazole rings is 1. The standard InChI is InChI=1S/C16H18N4O2S2/c1-9-6-17-13(10(2)15(9)21-4)8-24-16-20-19-14(22-16)5-12-7-23-11(3)18-12/h6-7H,5,8H2,1-4H3. The highest BCUT2D eigenvalue weighted by Crippen LogP contribution is 2.28. The van der Waals surface area contributed by atoms with Crippen molar-refractivity contribution >= 4 is 23.1 Å². The fraction of sp³-hybridized carbons (Fsp3) is 0.375. The van der Waals surface area contributed by atoms with Crippen molar-refractivity contribution in [2.24, 2.45) is 0 Å². The molecule has 0 amide bonds. The van der Waals surface area contributed by atoms with E-state index < -0.39 is 0 Å². The van der Waals surface area contributed by atoms with Crippen LogP contribution in [0.15, 0.2) is 21.2 Å². The van der Waals surface area contributed by atoms with Crippen LogP contribution in [0.1, 0.15) is 33.4 Å². The molecule has 0 fully saturated rings. The van der Waals surface area contributed by atoms with Gasteiger partial charge in [-0.1, -0.05) is 11.8 Å². The minimum atomic E-state index is 0.540. The molecule has 0 N–H and O–H groups in total. The first kappa shape index (κ1) is 16.9. The molecule has 0 aliphatic rings. The van der Waals surface area contributed by atoms with E-state index in [2.05, 4.69) is 20.2 Å². The van der Waals surface area contributed by atoms with E-state index in [1.807, 2.05) is 32.3 Å². The Bertz CT molecular complexity index is 844. The number of methoxy groups -OCH3 is 1. The van der Waals surface area contributed by atoms with Crippen LogP contribution >= 0.6 is 23.1 Å². The molecule has 0 aliphatic heterocycles. The summed E-state index contributed by atoms with van der Waals surface area (Å²) < 4.78 is 11.1. The maximum absolute atomic E-state index is 5.69. The summed E-state index contributed by atoms with van der Waals surface area (Å²) in [4.78, 5) is 8.89. The van der Waals surface area contributed by atoms with Gasteiger partial charge < -0.3 is 9.15 Å². The molecular formula is C16H18N4O2S2. The summed E-state index contributed by atoms with van der Waals surface area (Å²) in [5, 5.41) is 11.8. The quantitative estimate of drug-likeness (QED) is 0.618. The van der Waals surface area contributed by atoms with Gasteiger partial charge in [0.05, 0.1) is 29.9 Å². The van der Waals surface area contributed by atoms with Crippen molar-refractivity contribution in [1.82, 2.24) is 20.2 Å². The first-order chi connectivity index (χ1) is 11.6. The lowest BCUT2D eigenvalue weighted by molar-refractivity contribution is 0.407. The number of nitrogens with zero attached hydrogens (tertiary/aromatic N) is 4. The molecule has 0 spiro atoms. The van der Waals surface area contributed by atoms with Gasteiger partial charge in [-0.2, -0.15) is 0 Å². The predicted octanol–water partition coefficient (Wildman–Crippen LogP) is 3.74. The molecule has 24 heavy (non-hydrogen) atoms. The molecule has 0 aromatic carbocycles. The second kappa shape index (κ2) is 7.31. The Morgan fingerprint density at radius 2 is 2.08 bits per heavy atom. The molecule has 6 nitrogen and oxygen atoms in total. The first-order valence-corrected chi connectivity index (χ1v) is 9.28. The Labute approximate surface area is 148 Å². The summed E-state index contributed by atoms with van der Waals surface area (Å²) in [7, 11) is 1.68. The summed E-state index contributed by atoms with van der Waals surface area (Å²) in [6, 6.07) is 0. The Morgan fingerprint density at radius 3 is 2.79 bits per heavy atom. The Balaban J connectivity index is 1.65. The van der Waals surface area contributed by atoms with Crippen LogP contribution < -0.4 is 4.74 Å². The molecule has 8 heteroatoms. The van der Waals surface area contributed by atoms with Crippen LogP contribution in [0.4, 0.5) is 0 Å². The number of ether oxygens (including phenoxy) is 1. The fourth-order valence-corrected chi connectivity index (χ4v) is 3.78. The Hall–Kier alpha value is -1.93. The lowest BCUT2D eigenvalue weighted by atomic mass is 10.1. The van der Waals surface area contributed by atoms with E-state index >= 15 is 0 Å². The van der Waals surface area contributed by atoms with Crippen molar-refractivity contribution < 1.29 is 9.15 Å². The van der Waals surface area contributed by atoms with Crippen LogP contribution in [-0.4, -0.2) is 27.3 Å². The monoisotopic (exact) mass is 362 g/mol. The average molecular weight is 362 g/mol. The van der Waals surface area contributed by atoms with E-state index in [-0.39, 0.29) is 0 Å². The van der Waals surface area contributed by atoms with E-state index in [9.17, 15) is 0 Å².